The average molecular weight is 200 g/mol. The largest absolute Gasteiger partial charge is 0.385 e. The predicted molar refractivity (Wildman–Crippen MR) is 54.9 cm³/mol. The quantitative estimate of drug-likeness (QED) is 0.738. The molecule has 0 radical (unpaired) electrons. The standard InChI is InChI=1S/C9H16N2OS/c1-7-11-6-9(13-7)8(10)4-3-5-12-2/h6,8H,3-5,10H2,1-2H3. The van der Waals surface area contributed by atoms with Crippen LogP contribution in [0.25, 0.3) is 0 Å². The molecule has 1 aromatic heterocycles. The van der Waals surface area contributed by atoms with Crippen molar-refractivity contribution in [3.63, 3.8) is 0 Å². The van der Waals surface area contributed by atoms with E-state index in [2.05, 4.69) is 4.98 Å². The molecular formula is C9H16N2OS. The summed E-state index contributed by atoms with van der Waals surface area (Å²) < 4.78 is 4.97. The summed E-state index contributed by atoms with van der Waals surface area (Å²) in [6.45, 7) is 2.78. The van der Waals surface area contributed by atoms with Crippen LogP contribution in [-0.2, 0) is 4.74 Å². The van der Waals surface area contributed by atoms with E-state index >= 15 is 0 Å². The molecule has 0 aliphatic carbocycles. The Balaban J connectivity index is 2.35. The molecule has 0 spiro atoms. The fourth-order valence-electron chi connectivity index (χ4n) is 1.14. The molecule has 4 heteroatoms. The van der Waals surface area contributed by atoms with E-state index in [4.69, 9.17) is 10.5 Å². The van der Waals surface area contributed by atoms with Crippen LogP contribution in [0.15, 0.2) is 6.20 Å². The van der Waals surface area contributed by atoms with E-state index in [1.807, 2.05) is 13.1 Å². The van der Waals surface area contributed by atoms with Crippen LogP contribution in [0.2, 0.25) is 0 Å². The molecule has 74 valence electrons. The molecule has 0 amide bonds. The molecule has 1 rings (SSSR count). The summed E-state index contributed by atoms with van der Waals surface area (Å²) in [7, 11) is 1.71. The minimum Gasteiger partial charge on any atom is -0.385 e. The Kier molecular flexibility index (Phi) is 4.35. The van der Waals surface area contributed by atoms with Crippen LogP contribution in [0, 0.1) is 6.92 Å². The Labute approximate surface area is 82.9 Å². The summed E-state index contributed by atoms with van der Waals surface area (Å²) in [6, 6.07) is 0.126. The van der Waals surface area contributed by atoms with E-state index in [9.17, 15) is 0 Å². The highest BCUT2D eigenvalue weighted by Crippen LogP contribution is 2.21. The predicted octanol–water partition coefficient (Wildman–Crippen LogP) is 1.88. The van der Waals surface area contributed by atoms with Crippen molar-refractivity contribution in [2.24, 2.45) is 5.73 Å². The van der Waals surface area contributed by atoms with Gasteiger partial charge in [-0.25, -0.2) is 4.98 Å². The Morgan fingerprint density at radius 2 is 2.46 bits per heavy atom. The van der Waals surface area contributed by atoms with Crippen molar-refractivity contribution in [1.82, 2.24) is 4.98 Å². The van der Waals surface area contributed by atoms with E-state index in [0.29, 0.717) is 0 Å². The van der Waals surface area contributed by atoms with Crippen LogP contribution in [0.4, 0.5) is 0 Å². The van der Waals surface area contributed by atoms with Crippen molar-refractivity contribution in [3.8, 4) is 0 Å². The van der Waals surface area contributed by atoms with Crippen LogP contribution in [0.3, 0.4) is 0 Å². The SMILES string of the molecule is COCCCC(N)c1cnc(C)s1. The number of hydrogen-bond acceptors (Lipinski definition) is 4. The summed E-state index contributed by atoms with van der Waals surface area (Å²) in [5, 5.41) is 1.08. The van der Waals surface area contributed by atoms with Gasteiger partial charge in [0, 0.05) is 30.8 Å². The van der Waals surface area contributed by atoms with E-state index in [1.165, 1.54) is 4.88 Å². The van der Waals surface area contributed by atoms with Crippen LogP contribution in [0.1, 0.15) is 28.8 Å². The highest BCUT2D eigenvalue weighted by atomic mass is 32.1. The number of hydrogen-bond donors (Lipinski definition) is 1. The number of nitrogens with two attached hydrogens (primary N) is 1. The van der Waals surface area contributed by atoms with Gasteiger partial charge in [-0.15, -0.1) is 11.3 Å². The Hall–Kier alpha value is -0.450. The molecule has 1 atom stereocenters. The molecular weight excluding hydrogens is 184 g/mol. The third-order valence-electron chi connectivity index (χ3n) is 1.87. The number of rotatable bonds is 5. The lowest BCUT2D eigenvalue weighted by molar-refractivity contribution is 0.190. The van der Waals surface area contributed by atoms with Gasteiger partial charge in [-0.1, -0.05) is 0 Å². The molecule has 3 nitrogen and oxygen atoms in total. The summed E-state index contributed by atoms with van der Waals surface area (Å²) in [4.78, 5) is 5.35. The van der Waals surface area contributed by atoms with Crippen LogP contribution in [0.5, 0.6) is 0 Å². The number of aromatic nitrogens is 1. The van der Waals surface area contributed by atoms with Gasteiger partial charge in [-0.3, -0.25) is 0 Å². The molecule has 0 aliphatic heterocycles. The zero-order valence-corrected chi connectivity index (χ0v) is 8.93. The van der Waals surface area contributed by atoms with Gasteiger partial charge in [0.05, 0.1) is 5.01 Å². The number of ether oxygens (including phenoxy) is 1. The van der Waals surface area contributed by atoms with Gasteiger partial charge in [0.1, 0.15) is 0 Å². The van der Waals surface area contributed by atoms with E-state index in [1.54, 1.807) is 18.4 Å². The fourth-order valence-corrected chi connectivity index (χ4v) is 1.96. The number of methoxy groups -OCH3 is 1. The van der Waals surface area contributed by atoms with Crippen LogP contribution >= 0.6 is 11.3 Å². The van der Waals surface area contributed by atoms with Crippen LogP contribution < -0.4 is 5.73 Å². The lowest BCUT2D eigenvalue weighted by Gasteiger charge is -2.07. The maximum Gasteiger partial charge on any atom is 0.0897 e. The fraction of sp³-hybridized carbons (Fsp3) is 0.667. The topological polar surface area (TPSA) is 48.1 Å². The molecule has 0 fully saturated rings. The van der Waals surface area contributed by atoms with Gasteiger partial charge in [0.2, 0.25) is 0 Å². The highest BCUT2D eigenvalue weighted by Gasteiger charge is 2.08. The Bertz CT molecular complexity index is 250. The first-order valence-electron chi connectivity index (χ1n) is 4.41. The molecule has 13 heavy (non-hydrogen) atoms. The second kappa shape index (κ2) is 5.32. The van der Waals surface area contributed by atoms with Gasteiger partial charge in [-0.05, 0) is 19.8 Å². The average Bonchev–Trinajstić information content (AvgIpc) is 2.52. The zero-order valence-electron chi connectivity index (χ0n) is 8.12. The van der Waals surface area contributed by atoms with Crippen molar-refractivity contribution >= 4 is 11.3 Å². The Morgan fingerprint density at radius 3 is 3.00 bits per heavy atom. The first kappa shape index (κ1) is 10.6. The van der Waals surface area contributed by atoms with Crippen molar-refractivity contribution in [2.75, 3.05) is 13.7 Å². The van der Waals surface area contributed by atoms with Gasteiger partial charge in [-0.2, -0.15) is 0 Å². The molecule has 0 saturated carbocycles. The normalized spacial score (nSPS) is 13.2. The Morgan fingerprint density at radius 1 is 1.69 bits per heavy atom. The smallest absolute Gasteiger partial charge is 0.0897 e. The van der Waals surface area contributed by atoms with E-state index in [0.717, 1.165) is 24.5 Å². The summed E-state index contributed by atoms with van der Waals surface area (Å²) in [5.74, 6) is 0. The summed E-state index contributed by atoms with van der Waals surface area (Å²) >= 11 is 1.68. The summed E-state index contributed by atoms with van der Waals surface area (Å²) in [5.41, 5.74) is 5.96. The van der Waals surface area contributed by atoms with Crippen LogP contribution in [-0.4, -0.2) is 18.7 Å². The number of thiazole rings is 1. The molecule has 1 aromatic rings. The third-order valence-corrected chi connectivity index (χ3v) is 2.91. The molecule has 1 unspecified atom stereocenters. The zero-order chi connectivity index (χ0) is 9.68. The van der Waals surface area contributed by atoms with Crippen molar-refractivity contribution in [3.05, 3.63) is 16.1 Å². The van der Waals surface area contributed by atoms with E-state index < -0.39 is 0 Å². The molecule has 0 aliphatic rings. The van der Waals surface area contributed by atoms with Crippen molar-refractivity contribution < 1.29 is 4.74 Å². The van der Waals surface area contributed by atoms with Gasteiger partial charge >= 0.3 is 0 Å². The molecule has 0 bridgehead atoms. The minimum atomic E-state index is 0.126. The lowest BCUT2D eigenvalue weighted by Crippen LogP contribution is -2.09. The highest BCUT2D eigenvalue weighted by molar-refractivity contribution is 7.11. The maximum atomic E-state index is 5.96. The van der Waals surface area contributed by atoms with E-state index in [-0.39, 0.29) is 6.04 Å². The lowest BCUT2D eigenvalue weighted by atomic mass is 10.1. The monoisotopic (exact) mass is 200 g/mol. The first-order valence-corrected chi connectivity index (χ1v) is 5.22. The van der Waals surface area contributed by atoms with Crippen molar-refractivity contribution in [1.29, 1.82) is 0 Å². The number of aryl methyl sites for hydroxylation is 1. The molecule has 0 aromatic carbocycles. The van der Waals surface area contributed by atoms with Crippen molar-refractivity contribution in [2.45, 2.75) is 25.8 Å². The second-order valence-corrected chi connectivity index (χ2v) is 4.29. The summed E-state index contributed by atoms with van der Waals surface area (Å²) in [6.07, 6.45) is 3.85. The van der Waals surface area contributed by atoms with Gasteiger partial charge in [0.15, 0.2) is 0 Å². The number of nitrogens with zero attached hydrogens (tertiary/aromatic N) is 1. The van der Waals surface area contributed by atoms with Gasteiger partial charge < -0.3 is 10.5 Å². The minimum absolute atomic E-state index is 0.126. The first-order chi connectivity index (χ1) is 6.24. The molecule has 0 saturated heterocycles. The third kappa shape index (κ3) is 3.42. The van der Waals surface area contributed by atoms with Gasteiger partial charge in [0.25, 0.3) is 0 Å². The molecule has 2 N–H and O–H groups in total. The molecule has 1 heterocycles. The second-order valence-electron chi connectivity index (χ2n) is 3.02. The maximum absolute atomic E-state index is 5.96.